The molecule has 7 heteroatoms. The monoisotopic (exact) mass is 298 g/mol. The summed E-state index contributed by atoms with van der Waals surface area (Å²) in [4.78, 5) is 0. The van der Waals surface area contributed by atoms with Gasteiger partial charge in [0.2, 0.25) is 12.7 Å². The number of fused-ring (bicyclic) bond motifs is 1. The predicted octanol–water partition coefficient (Wildman–Crippen LogP) is 2.12. The largest absolute Gasteiger partial charge is 0.506 e. The van der Waals surface area contributed by atoms with E-state index in [-0.39, 0.29) is 18.4 Å². The average molecular weight is 299 g/mol. The van der Waals surface area contributed by atoms with Gasteiger partial charge in [-0.2, -0.15) is 0 Å². The van der Waals surface area contributed by atoms with E-state index in [1.807, 2.05) is 0 Å². The highest BCUT2D eigenvalue weighted by Crippen LogP contribution is 2.49. The molecule has 2 heterocycles. The number of hydrogen-bond donors (Lipinski definition) is 2. The molecule has 0 bridgehead atoms. The Hall–Kier alpha value is -1.89. The maximum absolute atomic E-state index is 10.0. The molecule has 0 spiro atoms. The van der Waals surface area contributed by atoms with E-state index in [0.717, 1.165) is 0 Å². The van der Waals surface area contributed by atoms with E-state index in [2.05, 4.69) is 21.1 Å². The Morgan fingerprint density at radius 3 is 2.88 bits per heavy atom. The van der Waals surface area contributed by atoms with Crippen LogP contribution in [0.15, 0.2) is 21.1 Å². The van der Waals surface area contributed by atoms with Gasteiger partial charge in [0.1, 0.15) is 15.9 Å². The summed E-state index contributed by atoms with van der Waals surface area (Å²) in [6, 6.07) is 3.14. The number of aromatic nitrogens is 1. The number of hydrogen-bond acceptors (Lipinski definition) is 6. The van der Waals surface area contributed by atoms with Crippen molar-refractivity contribution in [2.75, 3.05) is 12.5 Å². The van der Waals surface area contributed by atoms with Crippen LogP contribution >= 0.6 is 15.9 Å². The van der Waals surface area contributed by atoms with Crippen LogP contribution in [0.25, 0.3) is 11.3 Å². The van der Waals surface area contributed by atoms with Gasteiger partial charge in [0.15, 0.2) is 11.5 Å². The van der Waals surface area contributed by atoms with Crippen LogP contribution in [0.3, 0.4) is 0 Å². The number of aromatic hydroxyl groups is 1. The summed E-state index contributed by atoms with van der Waals surface area (Å²) in [7, 11) is 0. The van der Waals surface area contributed by atoms with Gasteiger partial charge >= 0.3 is 0 Å². The van der Waals surface area contributed by atoms with Crippen LogP contribution in [0.2, 0.25) is 0 Å². The highest BCUT2D eigenvalue weighted by atomic mass is 79.9. The van der Waals surface area contributed by atoms with E-state index in [1.165, 1.54) is 6.07 Å². The minimum Gasteiger partial charge on any atom is -0.506 e. The fourth-order valence-corrected chi connectivity index (χ4v) is 2.13. The Kier molecular flexibility index (Phi) is 2.15. The molecule has 0 amide bonds. The zero-order valence-electron chi connectivity index (χ0n) is 8.44. The minimum absolute atomic E-state index is 0.00236. The van der Waals surface area contributed by atoms with Gasteiger partial charge in [0, 0.05) is 6.07 Å². The second kappa shape index (κ2) is 3.56. The van der Waals surface area contributed by atoms with Crippen molar-refractivity contribution < 1.29 is 19.1 Å². The number of phenols is 1. The summed E-state index contributed by atoms with van der Waals surface area (Å²) >= 11 is 3.24. The molecule has 88 valence electrons. The van der Waals surface area contributed by atoms with Crippen LogP contribution in [-0.2, 0) is 0 Å². The highest BCUT2D eigenvalue weighted by molar-refractivity contribution is 9.10. The van der Waals surface area contributed by atoms with Gasteiger partial charge in [-0.1, -0.05) is 5.16 Å². The topological polar surface area (TPSA) is 90.7 Å². The molecule has 17 heavy (non-hydrogen) atoms. The summed E-state index contributed by atoms with van der Waals surface area (Å²) in [5, 5.41) is 13.8. The number of phenolic OH excluding ortho intramolecular Hbond substituents is 1. The van der Waals surface area contributed by atoms with Crippen LogP contribution in [0, 0.1) is 0 Å². The standard InChI is InChI=1S/C10H7BrN2O4/c11-8-9(14)4(5-2-7(12)17-13-5)1-6-10(8)16-3-15-6/h1-2,14H,3,12H2. The molecule has 1 aliphatic rings. The average Bonchev–Trinajstić information content (AvgIpc) is 2.91. The third-order valence-corrected chi connectivity index (χ3v) is 3.12. The molecule has 2 aromatic rings. The van der Waals surface area contributed by atoms with Gasteiger partial charge in [-0.3, -0.25) is 0 Å². The maximum Gasteiger partial charge on any atom is 0.231 e. The molecule has 6 nitrogen and oxygen atoms in total. The Morgan fingerprint density at radius 2 is 2.18 bits per heavy atom. The number of nitrogens with zero attached hydrogens (tertiary/aromatic N) is 1. The van der Waals surface area contributed by atoms with Crippen molar-refractivity contribution in [3.05, 3.63) is 16.6 Å². The molecule has 0 radical (unpaired) electrons. The zero-order chi connectivity index (χ0) is 12.0. The lowest BCUT2D eigenvalue weighted by atomic mass is 10.1. The van der Waals surface area contributed by atoms with Crippen molar-refractivity contribution in [2.24, 2.45) is 0 Å². The Morgan fingerprint density at radius 1 is 1.35 bits per heavy atom. The number of halogens is 1. The van der Waals surface area contributed by atoms with Gasteiger partial charge in [0.25, 0.3) is 0 Å². The van der Waals surface area contributed by atoms with E-state index in [4.69, 9.17) is 19.7 Å². The number of anilines is 1. The van der Waals surface area contributed by atoms with Crippen molar-refractivity contribution in [2.45, 2.75) is 0 Å². The lowest BCUT2D eigenvalue weighted by Gasteiger charge is -2.06. The van der Waals surface area contributed by atoms with Crippen LogP contribution in [-0.4, -0.2) is 17.1 Å². The van der Waals surface area contributed by atoms with E-state index >= 15 is 0 Å². The number of ether oxygens (including phenoxy) is 2. The number of nitrogens with two attached hydrogens (primary N) is 1. The second-order valence-corrected chi connectivity index (χ2v) is 4.23. The summed E-state index contributed by atoms with van der Waals surface area (Å²) in [6.07, 6.45) is 0. The normalized spacial score (nSPS) is 13.0. The molecule has 3 N–H and O–H groups in total. The fraction of sp³-hybridized carbons (Fsp3) is 0.100. The summed E-state index contributed by atoms with van der Waals surface area (Å²) in [5.41, 5.74) is 6.33. The minimum atomic E-state index is 0.00236. The first-order valence-electron chi connectivity index (χ1n) is 4.70. The smallest absolute Gasteiger partial charge is 0.231 e. The summed E-state index contributed by atoms with van der Waals surface area (Å²) in [5.74, 6) is 1.18. The molecule has 0 atom stereocenters. The fourth-order valence-electron chi connectivity index (χ4n) is 1.60. The van der Waals surface area contributed by atoms with Crippen LogP contribution in [0.5, 0.6) is 17.2 Å². The number of rotatable bonds is 1. The summed E-state index contributed by atoms with van der Waals surface area (Å²) < 4.78 is 15.6. The zero-order valence-corrected chi connectivity index (χ0v) is 10.0. The molecule has 0 unspecified atom stereocenters. The van der Waals surface area contributed by atoms with Crippen LogP contribution in [0.4, 0.5) is 5.88 Å². The molecule has 0 fully saturated rings. The predicted molar refractivity (Wildman–Crippen MR) is 61.8 cm³/mol. The van der Waals surface area contributed by atoms with E-state index < -0.39 is 0 Å². The highest BCUT2D eigenvalue weighted by Gasteiger charge is 2.24. The van der Waals surface area contributed by atoms with Crippen LogP contribution < -0.4 is 15.2 Å². The first kappa shape index (κ1) is 10.3. The molecule has 1 aliphatic heterocycles. The van der Waals surface area contributed by atoms with Crippen molar-refractivity contribution in [3.8, 4) is 28.5 Å². The molecule has 0 saturated heterocycles. The molecule has 0 aliphatic carbocycles. The molecular weight excluding hydrogens is 292 g/mol. The van der Waals surface area contributed by atoms with Crippen LogP contribution in [0.1, 0.15) is 0 Å². The SMILES string of the molecule is Nc1cc(-c2cc3c(c(Br)c2O)OCO3)no1. The first-order valence-corrected chi connectivity index (χ1v) is 5.49. The van der Waals surface area contributed by atoms with Crippen molar-refractivity contribution >= 4 is 21.8 Å². The van der Waals surface area contributed by atoms with Gasteiger partial charge < -0.3 is 24.8 Å². The quantitative estimate of drug-likeness (QED) is 0.838. The van der Waals surface area contributed by atoms with Gasteiger partial charge in [-0.05, 0) is 22.0 Å². The first-order chi connectivity index (χ1) is 8.16. The van der Waals surface area contributed by atoms with Gasteiger partial charge in [-0.15, -0.1) is 0 Å². The third kappa shape index (κ3) is 1.50. The molecular formula is C10H7BrN2O4. The Bertz CT molecular complexity index is 596. The van der Waals surface area contributed by atoms with Crippen molar-refractivity contribution in [1.82, 2.24) is 5.16 Å². The number of nitrogen functional groups attached to an aromatic ring is 1. The van der Waals surface area contributed by atoms with E-state index in [9.17, 15) is 5.11 Å². The third-order valence-electron chi connectivity index (χ3n) is 2.38. The summed E-state index contributed by atoms with van der Waals surface area (Å²) in [6.45, 7) is 0.123. The van der Waals surface area contributed by atoms with E-state index in [0.29, 0.717) is 27.2 Å². The number of benzene rings is 1. The van der Waals surface area contributed by atoms with Crippen molar-refractivity contribution in [3.63, 3.8) is 0 Å². The van der Waals surface area contributed by atoms with Crippen molar-refractivity contribution in [1.29, 1.82) is 0 Å². The Balaban J connectivity index is 2.21. The second-order valence-electron chi connectivity index (χ2n) is 3.44. The molecule has 1 aromatic heterocycles. The maximum atomic E-state index is 10.0. The molecule has 0 saturated carbocycles. The Labute approximate surface area is 104 Å². The van der Waals surface area contributed by atoms with Gasteiger partial charge in [-0.25, -0.2) is 0 Å². The lowest BCUT2D eigenvalue weighted by Crippen LogP contribution is -1.93. The molecule has 3 rings (SSSR count). The lowest BCUT2D eigenvalue weighted by molar-refractivity contribution is 0.173. The van der Waals surface area contributed by atoms with E-state index in [1.54, 1.807) is 6.07 Å². The van der Waals surface area contributed by atoms with Gasteiger partial charge in [0.05, 0.1) is 5.56 Å². The molecule has 1 aromatic carbocycles.